The number of nitrogens with zero attached hydrogens (tertiary/aromatic N) is 3. The van der Waals surface area contributed by atoms with E-state index in [4.69, 9.17) is 5.73 Å². The quantitative estimate of drug-likeness (QED) is 0.764. The Morgan fingerprint density at radius 3 is 3.00 bits per heavy atom. The highest BCUT2D eigenvalue weighted by Crippen LogP contribution is 2.21. The lowest BCUT2D eigenvalue weighted by molar-refractivity contribution is 0.0662. The molecule has 3 N–H and O–H groups in total. The van der Waals surface area contributed by atoms with Crippen LogP contribution in [0, 0.1) is 5.92 Å². The summed E-state index contributed by atoms with van der Waals surface area (Å²) in [5.74, 6) is 2.58. The first-order valence-corrected chi connectivity index (χ1v) is 5.85. The van der Waals surface area contributed by atoms with Gasteiger partial charge < -0.3 is 15.4 Å². The van der Waals surface area contributed by atoms with E-state index in [2.05, 4.69) is 21.7 Å². The van der Waals surface area contributed by atoms with Gasteiger partial charge in [-0.3, -0.25) is 0 Å². The maximum Gasteiger partial charge on any atom is 0.135 e. The summed E-state index contributed by atoms with van der Waals surface area (Å²) in [6.07, 6.45) is 2.62. The van der Waals surface area contributed by atoms with Crippen molar-refractivity contribution in [1.29, 1.82) is 0 Å². The van der Waals surface area contributed by atoms with Crippen LogP contribution < -0.4 is 5.73 Å². The van der Waals surface area contributed by atoms with Crippen LogP contribution in [0.3, 0.4) is 0 Å². The second-order valence-corrected chi connectivity index (χ2v) is 5.16. The average molecular weight is 224 g/mol. The first-order chi connectivity index (χ1) is 7.52. The van der Waals surface area contributed by atoms with Crippen molar-refractivity contribution >= 4 is 0 Å². The van der Waals surface area contributed by atoms with Gasteiger partial charge in [0.25, 0.3) is 0 Å². The van der Waals surface area contributed by atoms with E-state index in [9.17, 15) is 5.11 Å². The lowest BCUT2D eigenvalue weighted by Gasteiger charge is -2.24. The summed E-state index contributed by atoms with van der Waals surface area (Å²) in [6, 6.07) is 0. The Balaban J connectivity index is 2.18. The predicted molar refractivity (Wildman–Crippen MR) is 60.9 cm³/mol. The van der Waals surface area contributed by atoms with E-state index < -0.39 is 5.60 Å². The van der Waals surface area contributed by atoms with Crippen LogP contribution in [0.1, 0.15) is 31.9 Å². The van der Waals surface area contributed by atoms with Crippen molar-refractivity contribution in [1.82, 2.24) is 14.8 Å². The zero-order valence-electron chi connectivity index (χ0n) is 9.98. The van der Waals surface area contributed by atoms with Gasteiger partial charge in [-0.15, -0.1) is 10.2 Å². The highest BCUT2D eigenvalue weighted by Gasteiger charge is 2.26. The van der Waals surface area contributed by atoms with E-state index in [-0.39, 0.29) is 6.54 Å². The number of fused-ring (bicyclic) bond motifs is 1. The summed E-state index contributed by atoms with van der Waals surface area (Å²) < 4.78 is 2.13. The van der Waals surface area contributed by atoms with E-state index in [1.807, 2.05) is 0 Å². The SMILES string of the molecule is CC1CCn2c(nnc2CC(C)(O)CN)C1. The Hall–Kier alpha value is -0.940. The zero-order valence-corrected chi connectivity index (χ0v) is 9.98. The molecule has 0 aliphatic carbocycles. The Labute approximate surface area is 95.7 Å². The van der Waals surface area contributed by atoms with E-state index in [0.29, 0.717) is 12.3 Å². The molecule has 0 saturated heterocycles. The molecule has 1 aromatic rings. The molecular formula is C11H20N4O. The molecule has 1 aromatic heterocycles. The third kappa shape index (κ3) is 2.25. The van der Waals surface area contributed by atoms with Gasteiger partial charge in [-0.25, -0.2) is 0 Å². The van der Waals surface area contributed by atoms with Gasteiger partial charge in [0.05, 0.1) is 5.60 Å². The Bertz CT molecular complexity index is 372. The molecule has 2 rings (SSSR count). The van der Waals surface area contributed by atoms with Crippen molar-refractivity contribution < 1.29 is 5.11 Å². The predicted octanol–water partition coefficient (Wildman–Crippen LogP) is 0.113. The van der Waals surface area contributed by atoms with Gasteiger partial charge >= 0.3 is 0 Å². The number of nitrogens with two attached hydrogens (primary N) is 1. The topological polar surface area (TPSA) is 77.0 Å². The number of aromatic nitrogens is 3. The minimum absolute atomic E-state index is 0.242. The fourth-order valence-electron chi connectivity index (χ4n) is 2.09. The molecule has 5 nitrogen and oxygen atoms in total. The normalized spacial score (nSPS) is 23.9. The lowest BCUT2D eigenvalue weighted by Crippen LogP contribution is -2.37. The fraction of sp³-hybridized carbons (Fsp3) is 0.818. The second kappa shape index (κ2) is 4.14. The van der Waals surface area contributed by atoms with Crippen LogP contribution in [0.5, 0.6) is 0 Å². The van der Waals surface area contributed by atoms with Gasteiger partial charge in [0, 0.05) is 25.9 Å². The first kappa shape index (κ1) is 11.5. The maximum atomic E-state index is 9.94. The minimum atomic E-state index is -0.882. The van der Waals surface area contributed by atoms with Crippen LogP contribution in [0.25, 0.3) is 0 Å². The molecule has 5 heteroatoms. The van der Waals surface area contributed by atoms with Gasteiger partial charge in [-0.1, -0.05) is 6.92 Å². The van der Waals surface area contributed by atoms with E-state index in [1.54, 1.807) is 6.92 Å². The molecule has 2 atom stereocenters. The molecular weight excluding hydrogens is 204 g/mol. The van der Waals surface area contributed by atoms with Gasteiger partial charge in [0.2, 0.25) is 0 Å². The minimum Gasteiger partial charge on any atom is -0.388 e. The van der Waals surface area contributed by atoms with Crippen molar-refractivity contribution in [3.8, 4) is 0 Å². The molecule has 0 saturated carbocycles. The van der Waals surface area contributed by atoms with Gasteiger partial charge in [-0.2, -0.15) is 0 Å². The molecule has 1 aliphatic heterocycles. The number of aliphatic hydroxyl groups is 1. The molecule has 2 heterocycles. The maximum absolute atomic E-state index is 9.94. The molecule has 2 unspecified atom stereocenters. The van der Waals surface area contributed by atoms with Crippen LogP contribution in [0.4, 0.5) is 0 Å². The molecule has 0 radical (unpaired) electrons. The summed E-state index contributed by atoms with van der Waals surface area (Å²) in [5.41, 5.74) is 4.63. The molecule has 90 valence electrons. The van der Waals surface area contributed by atoms with Crippen molar-refractivity contribution in [3.05, 3.63) is 11.6 Å². The number of hydrogen-bond donors (Lipinski definition) is 2. The Morgan fingerprint density at radius 1 is 1.56 bits per heavy atom. The van der Waals surface area contributed by atoms with Crippen LogP contribution in [-0.2, 0) is 19.4 Å². The third-order valence-corrected chi connectivity index (χ3v) is 3.26. The van der Waals surface area contributed by atoms with Gasteiger partial charge in [0.1, 0.15) is 11.6 Å². The van der Waals surface area contributed by atoms with Crippen molar-refractivity contribution in [2.24, 2.45) is 11.7 Å². The van der Waals surface area contributed by atoms with Crippen LogP contribution in [0.2, 0.25) is 0 Å². The van der Waals surface area contributed by atoms with Gasteiger partial charge in [0.15, 0.2) is 0 Å². The number of rotatable bonds is 3. The standard InChI is InChI=1S/C11H20N4O/c1-8-3-4-15-9(5-8)13-14-10(15)6-11(2,16)7-12/h8,16H,3-7,12H2,1-2H3. The van der Waals surface area contributed by atoms with E-state index in [0.717, 1.165) is 31.0 Å². The largest absolute Gasteiger partial charge is 0.388 e. The molecule has 0 aromatic carbocycles. The number of hydrogen-bond acceptors (Lipinski definition) is 4. The molecule has 0 fully saturated rings. The van der Waals surface area contributed by atoms with Crippen molar-refractivity contribution in [2.45, 2.75) is 45.3 Å². The van der Waals surface area contributed by atoms with Crippen molar-refractivity contribution in [3.63, 3.8) is 0 Å². The monoisotopic (exact) mass is 224 g/mol. The van der Waals surface area contributed by atoms with E-state index >= 15 is 0 Å². The van der Waals surface area contributed by atoms with Gasteiger partial charge in [-0.05, 0) is 19.3 Å². The van der Waals surface area contributed by atoms with Crippen LogP contribution in [0.15, 0.2) is 0 Å². The summed E-state index contributed by atoms with van der Waals surface area (Å²) in [5, 5.41) is 18.3. The first-order valence-electron chi connectivity index (χ1n) is 5.85. The Kier molecular flexibility index (Phi) is 2.99. The zero-order chi connectivity index (χ0) is 11.8. The summed E-state index contributed by atoms with van der Waals surface area (Å²) >= 11 is 0. The average Bonchev–Trinajstić information content (AvgIpc) is 2.60. The molecule has 16 heavy (non-hydrogen) atoms. The smallest absolute Gasteiger partial charge is 0.135 e. The lowest BCUT2D eigenvalue weighted by atomic mass is 9.99. The highest BCUT2D eigenvalue weighted by molar-refractivity contribution is 5.03. The summed E-state index contributed by atoms with van der Waals surface area (Å²) in [4.78, 5) is 0. The Morgan fingerprint density at radius 2 is 2.31 bits per heavy atom. The molecule has 0 bridgehead atoms. The van der Waals surface area contributed by atoms with E-state index in [1.165, 1.54) is 0 Å². The van der Waals surface area contributed by atoms with Crippen LogP contribution in [-0.4, -0.2) is 32.0 Å². The molecule has 0 spiro atoms. The molecule has 0 amide bonds. The second-order valence-electron chi connectivity index (χ2n) is 5.16. The summed E-state index contributed by atoms with van der Waals surface area (Å²) in [7, 11) is 0. The third-order valence-electron chi connectivity index (χ3n) is 3.26. The van der Waals surface area contributed by atoms with Crippen molar-refractivity contribution in [2.75, 3.05) is 6.54 Å². The molecule has 1 aliphatic rings. The van der Waals surface area contributed by atoms with Crippen LogP contribution >= 0.6 is 0 Å². The summed E-state index contributed by atoms with van der Waals surface area (Å²) in [6.45, 7) is 5.17. The fourth-order valence-corrected chi connectivity index (χ4v) is 2.09. The highest BCUT2D eigenvalue weighted by atomic mass is 16.3.